The number of esters is 1. The maximum atomic E-state index is 12.6. The van der Waals surface area contributed by atoms with Crippen molar-refractivity contribution in [1.82, 2.24) is 10.2 Å². The average molecular weight is 548 g/mol. The maximum absolute atomic E-state index is 12.6. The minimum absolute atomic E-state index is 0. The first-order valence-electron chi connectivity index (χ1n) is 8.43. The molecule has 0 aliphatic carbocycles. The van der Waals surface area contributed by atoms with E-state index in [0.717, 1.165) is 23.6 Å². The number of hydrogen-bond acceptors (Lipinski definition) is 8. The van der Waals surface area contributed by atoms with Crippen LogP contribution >= 0.6 is 30.7 Å². The molecule has 0 aromatic carbocycles. The average Bonchev–Trinajstić information content (AvgIpc) is 3.16. The van der Waals surface area contributed by atoms with Crippen molar-refractivity contribution < 1.29 is 43.4 Å². The number of carbonyl (C=O) groups is 4. The van der Waals surface area contributed by atoms with Gasteiger partial charge < -0.3 is 24.9 Å². The van der Waals surface area contributed by atoms with Gasteiger partial charge in [0.15, 0.2) is 5.92 Å². The molecule has 33 heavy (non-hydrogen) atoms. The van der Waals surface area contributed by atoms with Crippen molar-refractivity contribution in [3.05, 3.63) is 33.4 Å². The fraction of sp³-hybridized carbons (Fsp3) is 0.375. The molecule has 1 saturated heterocycles. The van der Waals surface area contributed by atoms with E-state index in [9.17, 15) is 38.6 Å². The summed E-state index contributed by atoms with van der Waals surface area (Å²) in [6, 6.07) is 0.350. The van der Waals surface area contributed by atoms with Gasteiger partial charge in [-0.15, -0.1) is 11.8 Å². The monoisotopic (exact) mass is 548 g/mol. The quantitative estimate of drug-likeness (QED) is 0.102. The van der Waals surface area contributed by atoms with Gasteiger partial charge in [-0.25, -0.2) is 0 Å². The van der Waals surface area contributed by atoms with Crippen molar-refractivity contribution in [2.24, 2.45) is 0 Å². The van der Waals surface area contributed by atoms with Crippen LogP contribution < -0.4 is 5.32 Å². The number of hydrogen-bond donors (Lipinski definition) is 4. The molecule has 1 fully saturated rings. The number of carbonyl (C=O) groups excluding carboxylic acids is 3. The molecule has 2 aliphatic heterocycles. The van der Waals surface area contributed by atoms with E-state index < -0.39 is 54.1 Å². The Labute approximate surface area is 263 Å². The number of carboxylic acid groups (broad SMARTS) is 1. The summed E-state index contributed by atoms with van der Waals surface area (Å²) in [6.45, 7) is 0.763. The van der Waals surface area contributed by atoms with E-state index >= 15 is 0 Å². The van der Waals surface area contributed by atoms with Crippen LogP contribution in [0.2, 0.25) is 0 Å². The number of rotatable bonds is 7. The summed E-state index contributed by atoms with van der Waals surface area (Å²) in [4.78, 5) is 68.0. The van der Waals surface area contributed by atoms with Gasteiger partial charge in [-0.05, 0) is 22.4 Å². The third-order valence-electron chi connectivity index (χ3n) is 4.42. The molecule has 4 N–H and O–H groups in total. The van der Waals surface area contributed by atoms with Gasteiger partial charge >= 0.3 is 108 Å². The summed E-state index contributed by atoms with van der Waals surface area (Å²) in [5.41, 5.74) is -0.181. The van der Waals surface area contributed by atoms with Gasteiger partial charge in [0, 0.05) is 18.2 Å². The predicted octanol–water partition coefficient (Wildman–Crippen LogP) is -1.68. The van der Waals surface area contributed by atoms with Crippen LogP contribution in [0.15, 0.2) is 27.8 Å². The van der Waals surface area contributed by atoms with Gasteiger partial charge in [0.05, 0.1) is 0 Å². The Bertz CT molecular complexity index is 986. The Balaban J connectivity index is 0.00000341. The van der Waals surface area contributed by atoms with Crippen molar-refractivity contribution in [3.8, 4) is 0 Å². The van der Waals surface area contributed by atoms with Crippen LogP contribution in [-0.4, -0.2) is 156 Å². The van der Waals surface area contributed by atoms with E-state index in [2.05, 4.69) is 5.32 Å². The van der Waals surface area contributed by atoms with Crippen LogP contribution in [0.5, 0.6) is 0 Å². The SMILES string of the molecule is CC(=O)OCC1=C(P(=O)(O)O)N2C(=O)[C@@H](NC(=O)C(C(=O)O)c3ccsc3)[C@H]2SC1.[NaH].[NaH].[NaH]. The molecule has 2 aliphatic rings. The second-order valence-electron chi connectivity index (χ2n) is 6.48. The molecule has 3 heterocycles. The number of fused-ring (bicyclic) bond motifs is 1. The molecule has 11 nitrogen and oxygen atoms in total. The molecule has 0 bridgehead atoms. The van der Waals surface area contributed by atoms with Gasteiger partial charge in [0.1, 0.15) is 23.5 Å². The van der Waals surface area contributed by atoms with E-state index in [1.54, 1.807) is 5.38 Å². The molecular formula is C16H20N2Na3O9PS2. The van der Waals surface area contributed by atoms with Crippen molar-refractivity contribution in [2.45, 2.75) is 24.3 Å². The van der Waals surface area contributed by atoms with Crippen LogP contribution in [-0.2, 0) is 28.5 Å². The molecule has 1 aromatic heterocycles. The Morgan fingerprint density at radius 2 is 1.94 bits per heavy atom. The Morgan fingerprint density at radius 1 is 1.30 bits per heavy atom. The van der Waals surface area contributed by atoms with Crippen molar-refractivity contribution >= 4 is 143 Å². The van der Waals surface area contributed by atoms with Crippen LogP contribution in [0, 0.1) is 0 Å². The summed E-state index contributed by atoms with van der Waals surface area (Å²) in [5, 5.41) is 14.1. The molecule has 1 aromatic rings. The zero-order valence-electron chi connectivity index (χ0n) is 15.4. The Morgan fingerprint density at radius 3 is 2.42 bits per heavy atom. The summed E-state index contributed by atoms with van der Waals surface area (Å²) < 4.78 is 16.8. The number of amides is 2. The minimum atomic E-state index is -4.90. The zero-order valence-corrected chi connectivity index (χ0v) is 17.9. The molecule has 3 rings (SSSR count). The number of β-lactam (4-membered cyclic amide) rings is 1. The summed E-state index contributed by atoms with van der Waals surface area (Å²) in [6.07, 6.45) is 0. The number of thiophene rings is 1. The molecule has 3 atom stereocenters. The first-order chi connectivity index (χ1) is 14.0. The van der Waals surface area contributed by atoms with Gasteiger partial charge in [-0.3, -0.25) is 28.6 Å². The van der Waals surface area contributed by atoms with Crippen molar-refractivity contribution in [1.29, 1.82) is 0 Å². The predicted molar refractivity (Wildman–Crippen MR) is 127 cm³/mol. The molecule has 0 spiro atoms. The third-order valence-corrected chi connectivity index (χ3v) is 7.55. The fourth-order valence-corrected chi connectivity index (χ4v) is 6.39. The summed E-state index contributed by atoms with van der Waals surface area (Å²) >= 11 is 2.34. The fourth-order valence-electron chi connectivity index (χ4n) is 3.14. The van der Waals surface area contributed by atoms with Crippen LogP contribution in [0.1, 0.15) is 18.4 Å². The first kappa shape index (κ1) is 33.8. The van der Waals surface area contributed by atoms with Crippen molar-refractivity contribution in [2.75, 3.05) is 12.4 Å². The second-order valence-corrected chi connectivity index (χ2v) is 9.87. The van der Waals surface area contributed by atoms with Crippen LogP contribution in [0.4, 0.5) is 0 Å². The number of carboxylic acids is 1. The number of ether oxygens (including phenoxy) is 1. The van der Waals surface area contributed by atoms with E-state index in [1.165, 1.54) is 22.8 Å². The molecule has 17 heteroatoms. The van der Waals surface area contributed by atoms with E-state index in [1.807, 2.05) is 0 Å². The molecule has 168 valence electrons. The normalized spacial score (nSPS) is 20.1. The third kappa shape index (κ3) is 7.65. The number of thioether (sulfide) groups is 1. The van der Waals surface area contributed by atoms with Gasteiger partial charge in [-0.2, -0.15) is 11.3 Å². The zero-order chi connectivity index (χ0) is 22.2. The second kappa shape index (κ2) is 13.9. The van der Waals surface area contributed by atoms with E-state index in [4.69, 9.17) is 4.74 Å². The van der Waals surface area contributed by atoms with Gasteiger partial charge in [0.2, 0.25) is 5.91 Å². The number of aliphatic carboxylic acids is 1. The van der Waals surface area contributed by atoms with E-state index in [-0.39, 0.29) is 112 Å². The first-order valence-corrected chi connectivity index (χ1v) is 12.0. The Kier molecular flexibility index (Phi) is 14.3. The molecule has 0 saturated carbocycles. The van der Waals surface area contributed by atoms with Crippen LogP contribution in [0.25, 0.3) is 0 Å². The van der Waals surface area contributed by atoms with E-state index in [0.29, 0.717) is 0 Å². The van der Waals surface area contributed by atoms with Gasteiger partial charge in [-0.1, -0.05) is 0 Å². The topological polar surface area (TPSA) is 171 Å². The number of nitrogens with one attached hydrogen (secondary N) is 1. The standard InChI is InChI=1S/C16H17N2O9PS2.3Na.3H/c1-7(19)27-4-9-6-30-15-11(13(21)18(15)14(9)28(24,25)26)17-12(20)10(16(22)23)8-2-3-29-5-8;;;;;;/h2-3,5,10-11,15H,4,6H2,1H3,(H,17,20)(H,22,23)(H2,24,25,26);;;;;;/t10?,11-,15-;;;;;;/m1....../s1. The van der Waals surface area contributed by atoms with Gasteiger partial charge in [0.25, 0.3) is 5.91 Å². The number of nitrogens with zero attached hydrogens (tertiary/aromatic N) is 1. The molecule has 0 radical (unpaired) electrons. The summed E-state index contributed by atoms with van der Waals surface area (Å²) in [7, 11) is -4.90. The Hall–Kier alpha value is 0.820. The molecule has 1 unspecified atom stereocenters. The molecule has 2 amide bonds. The molecular weight excluding hydrogens is 528 g/mol. The summed E-state index contributed by atoms with van der Waals surface area (Å²) in [5.74, 6) is -5.16. The van der Waals surface area contributed by atoms with Crippen LogP contribution in [0.3, 0.4) is 0 Å². The van der Waals surface area contributed by atoms with Crippen molar-refractivity contribution in [3.63, 3.8) is 0 Å².